The SMILES string of the molecule is O=C1NC2C(O)C(O)C(OC3OC(CO)C(O)C(O)C3O)C(O)C2c2cc3c(c(O)c21)OCO3. The first-order chi connectivity index (χ1) is 16.1. The van der Waals surface area contributed by atoms with E-state index in [-0.39, 0.29) is 29.4 Å². The molecule has 11 atom stereocenters. The number of ether oxygens (including phenoxy) is 4. The molecule has 9 N–H and O–H groups in total. The van der Waals surface area contributed by atoms with Crippen LogP contribution in [-0.2, 0) is 9.47 Å². The number of hydrogen-bond acceptors (Lipinski definition) is 13. The van der Waals surface area contributed by atoms with E-state index in [2.05, 4.69) is 5.32 Å². The second-order valence-electron chi connectivity index (χ2n) is 8.72. The number of amides is 1. The Bertz CT molecular complexity index is 972. The van der Waals surface area contributed by atoms with Gasteiger partial charge in [-0.3, -0.25) is 4.79 Å². The Morgan fingerprint density at radius 2 is 1.71 bits per heavy atom. The quantitative estimate of drug-likeness (QED) is 0.196. The molecule has 1 aromatic carbocycles. The molecule has 14 heteroatoms. The average Bonchev–Trinajstić information content (AvgIpc) is 3.29. The van der Waals surface area contributed by atoms with Crippen LogP contribution < -0.4 is 14.8 Å². The van der Waals surface area contributed by atoms with Crippen molar-refractivity contribution in [3.05, 3.63) is 17.2 Å². The number of rotatable bonds is 3. The summed E-state index contributed by atoms with van der Waals surface area (Å²) in [7, 11) is 0. The number of aliphatic hydroxyl groups is 7. The van der Waals surface area contributed by atoms with Gasteiger partial charge in [-0.2, -0.15) is 0 Å². The fourth-order valence-electron chi connectivity index (χ4n) is 5.06. The first-order valence-corrected chi connectivity index (χ1v) is 10.6. The number of benzene rings is 1. The highest BCUT2D eigenvalue weighted by atomic mass is 16.7. The molecule has 34 heavy (non-hydrogen) atoms. The van der Waals surface area contributed by atoms with Gasteiger partial charge in [0.25, 0.3) is 5.91 Å². The maximum atomic E-state index is 12.7. The minimum Gasteiger partial charge on any atom is -0.504 e. The summed E-state index contributed by atoms with van der Waals surface area (Å²) >= 11 is 0. The zero-order valence-corrected chi connectivity index (χ0v) is 17.5. The molecule has 0 bridgehead atoms. The number of hydrogen-bond donors (Lipinski definition) is 9. The highest BCUT2D eigenvalue weighted by Crippen LogP contribution is 2.50. The molecular weight excluding hydrogens is 462 g/mol. The molecule has 1 aromatic rings. The summed E-state index contributed by atoms with van der Waals surface area (Å²) in [6.07, 6.45) is -14.9. The van der Waals surface area contributed by atoms with E-state index in [0.717, 1.165) is 0 Å². The van der Waals surface area contributed by atoms with E-state index in [0.29, 0.717) is 0 Å². The van der Waals surface area contributed by atoms with E-state index in [9.17, 15) is 45.6 Å². The van der Waals surface area contributed by atoms with Crippen molar-refractivity contribution in [2.24, 2.45) is 0 Å². The van der Waals surface area contributed by atoms with Gasteiger partial charge in [-0.25, -0.2) is 0 Å². The van der Waals surface area contributed by atoms with Gasteiger partial charge >= 0.3 is 0 Å². The molecule has 14 nitrogen and oxygen atoms in total. The number of fused-ring (bicyclic) bond motifs is 4. The summed E-state index contributed by atoms with van der Waals surface area (Å²) in [6, 6.07) is 0.200. The number of nitrogens with one attached hydrogen (secondary N) is 1. The number of phenolic OH excluding ortho intramolecular Hbond substituents is 1. The Kier molecular flexibility index (Phi) is 5.83. The number of aliphatic hydroxyl groups excluding tert-OH is 7. The molecule has 3 heterocycles. The normalized spacial score (nSPS) is 43.1. The first-order valence-electron chi connectivity index (χ1n) is 10.6. The standard InChI is InChI=1S/C20H25NO13/c22-2-6-10(23)14(27)16(29)20(33-6)34-18-11(24)7-4-1-5-17(32-3-31-5)12(25)8(4)19(30)21-9(7)13(26)15(18)28/h1,6-7,9-11,13-16,18,20,22-29H,2-3H2,(H,21,30). The van der Waals surface area contributed by atoms with Crippen LogP contribution in [0.25, 0.3) is 0 Å². The molecule has 3 aliphatic heterocycles. The van der Waals surface area contributed by atoms with Gasteiger partial charge in [0.1, 0.15) is 42.7 Å². The van der Waals surface area contributed by atoms with Gasteiger partial charge in [-0.1, -0.05) is 0 Å². The maximum absolute atomic E-state index is 12.7. The predicted molar refractivity (Wildman–Crippen MR) is 105 cm³/mol. The summed E-state index contributed by atoms with van der Waals surface area (Å²) in [5, 5.41) is 85.2. The van der Waals surface area contributed by atoms with Crippen molar-refractivity contribution in [2.45, 2.75) is 67.1 Å². The predicted octanol–water partition coefficient (Wildman–Crippen LogP) is -4.40. The van der Waals surface area contributed by atoms with Gasteiger partial charge in [0, 0.05) is 5.92 Å². The van der Waals surface area contributed by atoms with E-state index in [1.807, 2.05) is 0 Å². The molecule has 1 saturated heterocycles. The number of carbonyl (C=O) groups is 1. The number of carbonyl (C=O) groups excluding carboxylic acids is 1. The second-order valence-corrected chi connectivity index (χ2v) is 8.72. The first kappa shape index (κ1) is 23.5. The number of aromatic hydroxyl groups is 1. The Labute approximate surface area is 191 Å². The Balaban J connectivity index is 1.49. The lowest BCUT2D eigenvalue weighted by molar-refractivity contribution is -0.331. The molecule has 1 aliphatic carbocycles. The fraction of sp³-hybridized carbons (Fsp3) is 0.650. The van der Waals surface area contributed by atoms with Crippen molar-refractivity contribution in [3.8, 4) is 17.2 Å². The van der Waals surface area contributed by atoms with Crippen molar-refractivity contribution in [2.75, 3.05) is 13.4 Å². The largest absolute Gasteiger partial charge is 0.504 e. The van der Waals surface area contributed by atoms with Gasteiger partial charge < -0.3 is 65.1 Å². The van der Waals surface area contributed by atoms with Crippen molar-refractivity contribution < 1.29 is 64.6 Å². The number of phenols is 1. The van der Waals surface area contributed by atoms with Crippen molar-refractivity contribution in [3.63, 3.8) is 0 Å². The van der Waals surface area contributed by atoms with Crippen LogP contribution in [0, 0.1) is 0 Å². The lowest BCUT2D eigenvalue weighted by atomic mass is 9.70. The lowest BCUT2D eigenvalue weighted by Gasteiger charge is -2.50. The summed E-state index contributed by atoms with van der Waals surface area (Å²) in [5.74, 6) is -2.32. The zero-order valence-electron chi connectivity index (χ0n) is 17.5. The molecule has 1 saturated carbocycles. The second kappa shape index (κ2) is 8.44. The molecule has 4 aliphatic rings. The van der Waals surface area contributed by atoms with Gasteiger partial charge in [0.15, 0.2) is 17.8 Å². The van der Waals surface area contributed by atoms with Crippen molar-refractivity contribution in [1.29, 1.82) is 0 Å². The van der Waals surface area contributed by atoms with Crippen LogP contribution in [0.3, 0.4) is 0 Å². The Morgan fingerprint density at radius 1 is 0.971 bits per heavy atom. The van der Waals surface area contributed by atoms with Crippen LogP contribution in [-0.4, -0.2) is 121 Å². The van der Waals surface area contributed by atoms with Crippen LogP contribution in [0.2, 0.25) is 0 Å². The highest BCUT2D eigenvalue weighted by Gasteiger charge is 2.56. The van der Waals surface area contributed by atoms with E-state index < -0.39 is 85.3 Å². The molecule has 5 rings (SSSR count). The van der Waals surface area contributed by atoms with E-state index >= 15 is 0 Å². The van der Waals surface area contributed by atoms with Gasteiger partial charge in [0.05, 0.1) is 24.3 Å². The lowest BCUT2D eigenvalue weighted by Crippen LogP contribution is -2.68. The molecule has 11 unspecified atom stereocenters. The maximum Gasteiger partial charge on any atom is 0.255 e. The third-order valence-electron chi connectivity index (χ3n) is 6.84. The van der Waals surface area contributed by atoms with Crippen molar-refractivity contribution >= 4 is 5.91 Å². The molecule has 0 aromatic heterocycles. The minimum atomic E-state index is -1.82. The van der Waals surface area contributed by atoms with E-state index in [1.54, 1.807) is 0 Å². The summed E-state index contributed by atoms with van der Waals surface area (Å²) in [6.45, 7) is -0.923. The van der Waals surface area contributed by atoms with Gasteiger partial charge in [0.2, 0.25) is 12.5 Å². The van der Waals surface area contributed by atoms with Gasteiger partial charge in [-0.15, -0.1) is 0 Å². The molecule has 2 fully saturated rings. The van der Waals surface area contributed by atoms with Crippen LogP contribution in [0.4, 0.5) is 0 Å². The summed E-state index contributed by atoms with van der Waals surface area (Å²) < 4.78 is 21.3. The van der Waals surface area contributed by atoms with Crippen LogP contribution in [0.1, 0.15) is 21.8 Å². The van der Waals surface area contributed by atoms with E-state index in [1.165, 1.54) is 6.07 Å². The monoisotopic (exact) mass is 487 g/mol. The Morgan fingerprint density at radius 3 is 2.41 bits per heavy atom. The highest BCUT2D eigenvalue weighted by molar-refractivity contribution is 6.01. The molecular formula is C20H25NO13. The third-order valence-corrected chi connectivity index (χ3v) is 6.84. The smallest absolute Gasteiger partial charge is 0.255 e. The molecule has 0 spiro atoms. The van der Waals surface area contributed by atoms with Crippen molar-refractivity contribution in [1.82, 2.24) is 5.32 Å². The summed E-state index contributed by atoms with van der Waals surface area (Å²) in [5.41, 5.74) is -0.101. The van der Waals surface area contributed by atoms with Crippen LogP contribution in [0.15, 0.2) is 6.07 Å². The third kappa shape index (κ3) is 3.34. The minimum absolute atomic E-state index is 0.0487. The van der Waals surface area contributed by atoms with Gasteiger partial charge in [-0.05, 0) is 11.6 Å². The molecule has 1 amide bonds. The van der Waals surface area contributed by atoms with Crippen LogP contribution in [0.5, 0.6) is 17.2 Å². The average molecular weight is 487 g/mol. The van der Waals surface area contributed by atoms with E-state index in [4.69, 9.17) is 18.9 Å². The zero-order chi connectivity index (χ0) is 24.5. The van der Waals surface area contributed by atoms with Crippen LogP contribution >= 0.6 is 0 Å². The summed E-state index contributed by atoms with van der Waals surface area (Å²) in [4.78, 5) is 12.7. The fourth-order valence-corrected chi connectivity index (χ4v) is 5.06. The molecule has 188 valence electrons. The topological polar surface area (TPSA) is 228 Å². The molecule has 0 radical (unpaired) electrons. The Hall–Kier alpha value is -2.27.